The molecular weight excluding hydrogens is 351 g/mol. The SMILES string of the molecule is Cc1ccc(C(C)OC(=O)c2ccccc2I)cc1. The third-order valence-electron chi connectivity index (χ3n) is 2.92. The topological polar surface area (TPSA) is 26.3 Å². The highest BCUT2D eigenvalue weighted by molar-refractivity contribution is 14.1. The van der Waals surface area contributed by atoms with Gasteiger partial charge in [0.05, 0.1) is 5.56 Å². The van der Waals surface area contributed by atoms with Gasteiger partial charge in [-0.05, 0) is 54.1 Å². The van der Waals surface area contributed by atoms with Crippen molar-refractivity contribution in [3.8, 4) is 0 Å². The van der Waals surface area contributed by atoms with Crippen LogP contribution in [0, 0.1) is 10.5 Å². The lowest BCUT2D eigenvalue weighted by Crippen LogP contribution is -2.10. The van der Waals surface area contributed by atoms with E-state index in [0.717, 1.165) is 9.13 Å². The Kier molecular flexibility index (Phi) is 4.58. The van der Waals surface area contributed by atoms with E-state index < -0.39 is 0 Å². The summed E-state index contributed by atoms with van der Waals surface area (Å²) in [5, 5.41) is 0. The van der Waals surface area contributed by atoms with Crippen LogP contribution in [0.4, 0.5) is 0 Å². The highest BCUT2D eigenvalue weighted by atomic mass is 127. The molecule has 0 aliphatic rings. The zero-order chi connectivity index (χ0) is 13.8. The highest BCUT2D eigenvalue weighted by Crippen LogP contribution is 2.20. The maximum Gasteiger partial charge on any atom is 0.339 e. The summed E-state index contributed by atoms with van der Waals surface area (Å²) in [6, 6.07) is 15.4. The first-order chi connectivity index (χ1) is 9.08. The first kappa shape index (κ1) is 14.1. The Morgan fingerprint density at radius 3 is 2.37 bits per heavy atom. The lowest BCUT2D eigenvalue weighted by molar-refractivity contribution is 0.0336. The Bertz CT molecular complexity index is 576. The van der Waals surface area contributed by atoms with Crippen molar-refractivity contribution in [3.63, 3.8) is 0 Å². The second kappa shape index (κ2) is 6.19. The minimum absolute atomic E-state index is 0.246. The van der Waals surface area contributed by atoms with Gasteiger partial charge in [0.2, 0.25) is 0 Å². The summed E-state index contributed by atoms with van der Waals surface area (Å²) >= 11 is 2.14. The van der Waals surface area contributed by atoms with Crippen molar-refractivity contribution < 1.29 is 9.53 Å². The van der Waals surface area contributed by atoms with E-state index in [-0.39, 0.29) is 12.1 Å². The highest BCUT2D eigenvalue weighted by Gasteiger charge is 2.15. The Morgan fingerprint density at radius 1 is 1.11 bits per heavy atom. The van der Waals surface area contributed by atoms with Crippen LogP contribution in [0.3, 0.4) is 0 Å². The maximum absolute atomic E-state index is 12.1. The molecule has 2 aromatic carbocycles. The molecule has 1 atom stereocenters. The molecule has 98 valence electrons. The van der Waals surface area contributed by atoms with Gasteiger partial charge >= 0.3 is 5.97 Å². The Labute approximate surface area is 126 Å². The van der Waals surface area contributed by atoms with Gasteiger partial charge in [-0.1, -0.05) is 42.0 Å². The summed E-state index contributed by atoms with van der Waals surface area (Å²) in [4.78, 5) is 12.1. The summed E-state index contributed by atoms with van der Waals surface area (Å²) in [5.41, 5.74) is 2.81. The fourth-order valence-electron chi connectivity index (χ4n) is 1.76. The third-order valence-corrected chi connectivity index (χ3v) is 3.87. The van der Waals surface area contributed by atoms with Crippen molar-refractivity contribution >= 4 is 28.6 Å². The van der Waals surface area contributed by atoms with Gasteiger partial charge in [-0.15, -0.1) is 0 Å². The molecule has 0 fully saturated rings. The number of benzene rings is 2. The molecule has 2 rings (SSSR count). The van der Waals surface area contributed by atoms with Gasteiger partial charge in [-0.2, -0.15) is 0 Å². The van der Waals surface area contributed by atoms with Crippen LogP contribution in [-0.4, -0.2) is 5.97 Å². The molecule has 0 radical (unpaired) electrons. The van der Waals surface area contributed by atoms with Gasteiger partial charge < -0.3 is 4.74 Å². The molecule has 3 heteroatoms. The van der Waals surface area contributed by atoms with E-state index in [1.54, 1.807) is 6.07 Å². The molecule has 2 aromatic rings. The molecule has 0 aliphatic carbocycles. The van der Waals surface area contributed by atoms with Gasteiger partial charge in [-0.3, -0.25) is 0 Å². The van der Waals surface area contributed by atoms with Crippen molar-refractivity contribution in [1.82, 2.24) is 0 Å². The smallest absolute Gasteiger partial charge is 0.339 e. The summed E-state index contributed by atoms with van der Waals surface area (Å²) in [6.07, 6.45) is -0.246. The van der Waals surface area contributed by atoms with Crippen molar-refractivity contribution in [2.24, 2.45) is 0 Å². The van der Waals surface area contributed by atoms with Gasteiger partial charge in [0, 0.05) is 3.57 Å². The molecule has 0 amide bonds. The van der Waals surface area contributed by atoms with E-state index in [9.17, 15) is 4.79 Å². The molecule has 0 saturated heterocycles. The molecule has 0 aliphatic heterocycles. The van der Waals surface area contributed by atoms with E-state index >= 15 is 0 Å². The zero-order valence-electron chi connectivity index (χ0n) is 10.9. The Hall–Kier alpha value is -1.36. The lowest BCUT2D eigenvalue weighted by atomic mass is 10.1. The number of hydrogen-bond acceptors (Lipinski definition) is 2. The summed E-state index contributed by atoms with van der Waals surface area (Å²) < 4.78 is 6.40. The predicted octanol–water partition coefficient (Wildman–Crippen LogP) is 4.52. The van der Waals surface area contributed by atoms with Crippen LogP contribution < -0.4 is 0 Å². The first-order valence-electron chi connectivity index (χ1n) is 6.10. The van der Waals surface area contributed by atoms with E-state index in [2.05, 4.69) is 22.6 Å². The molecule has 0 N–H and O–H groups in total. The fourth-order valence-corrected chi connectivity index (χ4v) is 2.36. The monoisotopic (exact) mass is 366 g/mol. The van der Waals surface area contributed by atoms with E-state index in [0.29, 0.717) is 5.56 Å². The van der Waals surface area contributed by atoms with Crippen molar-refractivity contribution in [2.75, 3.05) is 0 Å². The number of carbonyl (C=O) groups excluding carboxylic acids is 1. The quantitative estimate of drug-likeness (QED) is 0.590. The van der Waals surface area contributed by atoms with Gasteiger partial charge in [0.15, 0.2) is 0 Å². The minimum Gasteiger partial charge on any atom is -0.454 e. The normalized spacial score (nSPS) is 11.9. The number of rotatable bonds is 3. The number of carbonyl (C=O) groups is 1. The van der Waals surface area contributed by atoms with Crippen LogP contribution in [-0.2, 0) is 4.74 Å². The second-order valence-electron chi connectivity index (χ2n) is 4.44. The maximum atomic E-state index is 12.1. The van der Waals surface area contributed by atoms with Crippen LogP contribution >= 0.6 is 22.6 Å². The van der Waals surface area contributed by atoms with Crippen LogP contribution in [0.1, 0.15) is 34.5 Å². The predicted molar refractivity (Wildman–Crippen MR) is 84.2 cm³/mol. The summed E-state index contributed by atoms with van der Waals surface area (Å²) in [7, 11) is 0. The van der Waals surface area contributed by atoms with Crippen LogP contribution in [0.15, 0.2) is 48.5 Å². The van der Waals surface area contributed by atoms with Crippen molar-refractivity contribution in [3.05, 3.63) is 68.8 Å². The van der Waals surface area contributed by atoms with E-state index in [4.69, 9.17) is 4.74 Å². The second-order valence-corrected chi connectivity index (χ2v) is 5.60. The standard InChI is InChI=1S/C16H15IO2/c1-11-7-9-13(10-8-11)12(2)19-16(18)14-5-3-4-6-15(14)17/h3-10,12H,1-2H3. The third kappa shape index (κ3) is 3.56. The number of esters is 1. The molecule has 0 spiro atoms. The van der Waals surface area contributed by atoms with E-state index in [1.165, 1.54) is 5.56 Å². The largest absolute Gasteiger partial charge is 0.454 e. The molecule has 19 heavy (non-hydrogen) atoms. The average molecular weight is 366 g/mol. The van der Waals surface area contributed by atoms with Gasteiger partial charge in [-0.25, -0.2) is 4.79 Å². The Balaban J connectivity index is 2.11. The minimum atomic E-state index is -0.280. The Morgan fingerprint density at radius 2 is 1.74 bits per heavy atom. The van der Waals surface area contributed by atoms with Crippen molar-refractivity contribution in [1.29, 1.82) is 0 Å². The molecule has 0 saturated carbocycles. The fraction of sp³-hybridized carbons (Fsp3) is 0.188. The van der Waals surface area contributed by atoms with Crippen LogP contribution in [0.25, 0.3) is 0 Å². The van der Waals surface area contributed by atoms with Crippen LogP contribution in [0.5, 0.6) is 0 Å². The number of halogens is 1. The first-order valence-corrected chi connectivity index (χ1v) is 7.18. The molecule has 0 aromatic heterocycles. The zero-order valence-corrected chi connectivity index (χ0v) is 13.0. The molecule has 1 unspecified atom stereocenters. The van der Waals surface area contributed by atoms with Crippen molar-refractivity contribution in [2.45, 2.75) is 20.0 Å². The molecular formula is C16H15IO2. The molecule has 0 heterocycles. The van der Waals surface area contributed by atoms with E-state index in [1.807, 2.05) is 56.3 Å². The van der Waals surface area contributed by atoms with Crippen LogP contribution in [0.2, 0.25) is 0 Å². The molecule has 2 nitrogen and oxygen atoms in total. The lowest BCUT2D eigenvalue weighted by Gasteiger charge is -2.14. The number of aryl methyl sites for hydroxylation is 1. The summed E-state index contributed by atoms with van der Waals surface area (Å²) in [5.74, 6) is -0.280. The molecule has 0 bridgehead atoms. The van der Waals surface area contributed by atoms with Gasteiger partial charge in [0.1, 0.15) is 6.10 Å². The number of ether oxygens (including phenoxy) is 1. The van der Waals surface area contributed by atoms with Gasteiger partial charge in [0.25, 0.3) is 0 Å². The summed E-state index contributed by atoms with van der Waals surface area (Å²) in [6.45, 7) is 3.92. The average Bonchev–Trinajstić information content (AvgIpc) is 2.39. The number of hydrogen-bond donors (Lipinski definition) is 0.